The minimum Gasteiger partial charge on any atom is -0.480 e. The van der Waals surface area contributed by atoms with Crippen molar-refractivity contribution in [3.8, 4) is 5.88 Å². The van der Waals surface area contributed by atoms with Crippen LogP contribution in [0.5, 0.6) is 5.88 Å². The summed E-state index contributed by atoms with van der Waals surface area (Å²) in [5.41, 5.74) is 0.875. The van der Waals surface area contributed by atoms with Crippen LogP contribution in [-0.2, 0) is 0 Å². The first-order valence-corrected chi connectivity index (χ1v) is 9.61. The summed E-state index contributed by atoms with van der Waals surface area (Å²) in [5.74, 6) is -0.372. The van der Waals surface area contributed by atoms with Gasteiger partial charge in [0.25, 0.3) is 11.5 Å². The first-order valence-electron chi connectivity index (χ1n) is 9.61. The number of aromatic nitrogens is 2. The van der Waals surface area contributed by atoms with Gasteiger partial charge in [0.2, 0.25) is 5.88 Å². The largest absolute Gasteiger partial charge is 0.480 e. The quantitative estimate of drug-likeness (QED) is 0.785. The van der Waals surface area contributed by atoms with Gasteiger partial charge in [0.15, 0.2) is 5.56 Å². The van der Waals surface area contributed by atoms with Gasteiger partial charge in [0.05, 0.1) is 7.11 Å². The normalized spacial score (nSPS) is 17.8. The molecule has 1 saturated heterocycles. The molecule has 1 aliphatic heterocycles. The van der Waals surface area contributed by atoms with Crippen LogP contribution < -0.4 is 15.6 Å². The highest BCUT2D eigenvalue weighted by Crippen LogP contribution is 2.17. The van der Waals surface area contributed by atoms with E-state index < -0.39 is 11.5 Å². The third-order valence-corrected chi connectivity index (χ3v) is 5.28. The maximum Gasteiger partial charge on any atom is 0.274 e. The first kappa shape index (κ1) is 19.4. The molecule has 0 bridgehead atoms. The number of aryl methyl sites for hydroxylation is 1. The van der Waals surface area contributed by atoms with Crippen molar-refractivity contribution >= 4 is 11.6 Å². The number of rotatable bonds is 6. The highest BCUT2D eigenvalue weighted by Gasteiger charge is 2.22. The molecule has 0 aromatic carbocycles. The van der Waals surface area contributed by atoms with E-state index in [1.807, 2.05) is 13.0 Å². The number of piperidine rings is 1. The Balaban J connectivity index is 1.70. The molecule has 2 aromatic heterocycles. The molecule has 1 amide bonds. The zero-order valence-corrected chi connectivity index (χ0v) is 16.3. The third kappa shape index (κ3) is 4.13. The van der Waals surface area contributed by atoms with Crippen LogP contribution in [0.4, 0.5) is 0 Å². The van der Waals surface area contributed by atoms with Gasteiger partial charge in [-0.1, -0.05) is 12.5 Å². The third-order valence-electron chi connectivity index (χ3n) is 5.28. The van der Waals surface area contributed by atoms with Crippen LogP contribution in [0.3, 0.4) is 0 Å². The standard InChI is InChI=1S/C20H28N4O3/c1-14-8-6-13-24-17(14)22-19(27-3)16(20(24)26)18(25)21-10-7-12-23-11-5-4-9-15(23)2/h6,8,13,15H,4-5,7,9-12H2,1-3H3,(H,21,25). The van der Waals surface area contributed by atoms with Crippen LogP contribution in [0, 0.1) is 6.92 Å². The van der Waals surface area contributed by atoms with Gasteiger partial charge < -0.3 is 15.0 Å². The Labute approximate surface area is 159 Å². The van der Waals surface area contributed by atoms with Gasteiger partial charge in [-0.15, -0.1) is 0 Å². The fraction of sp³-hybridized carbons (Fsp3) is 0.550. The lowest BCUT2D eigenvalue weighted by atomic mass is 10.0. The van der Waals surface area contributed by atoms with E-state index in [1.54, 1.807) is 12.3 Å². The van der Waals surface area contributed by atoms with E-state index in [0.29, 0.717) is 18.2 Å². The minimum atomic E-state index is -0.438. The van der Waals surface area contributed by atoms with E-state index in [9.17, 15) is 9.59 Å². The molecular weight excluding hydrogens is 344 g/mol. The van der Waals surface area contributed by atoms with Crippen molar-refractivity contribution in [2.45, 2.75) is 45.6 Å². The predicted molar refractivity (Wildman–Crippen MR) is 105 cm³/mol. The molecule has 0 spiro atoms. The summed E-state index contributed by atoms with van der Waals surface area (Å²) < 4.78 is 6.62. The Kier molecular flexibility index (Phi) is 6.11. The van der Waals surface area contributed by atoms with Crippen LogP contribution in [0.1, 0.15) is 48.5 Å². The average molecular weight is 372 g/mol. The number of pyridine rings is 1. The summed E-state index contributed by atoms with van der Waals surface area (Å²) in [7, 11) is 1.42. The zero-order valence-electron chi connectivity index (χ0n) is 16.3. The van der Waals surface area contributed by atoms with E-state index in [2.05, 4.69) is 22.1 Å². The summed E-state index contributed by atoms with van der Waals surface area (Å²) >= 11 is 0. The van der Waals surface area contributed by atoms with Crippen LogP contribution >= 0.6 is 0 Å². The molecule has 7 nitrogen and oxygen atoms in total. The maximum atomic E-state index is 12.8. The fourth-order valence-corrected chi connectivity index (χ4v) is 3.68. The molecule has 3 heterocycles. The minimum absolute atomic E-state index is 0.0491. The lowest BCUT2D eigenvalue weighted by molar-refractivity contribution is 0.0943. The Morgan fingerprint density at radius 2 is 2.22 bits per heavy atom. The molecule has 2 aromatic rings. The van der Waals surface area contributed by atoms with Gasteiger partial charge >= 0.3 is 0 Å². The van der Waals surface area contributed by atoms with Crippen molar-refractivity contribution in [3.05, 3.63) is 39.8 Å². The van der Waals surface area contributed by atoms with Gasteiger partial charge in [-0.25, -0.2) is 0 Å². The molecule has 7 heteroatoms. The topological polar surface area (TPSA) is 75.9 Å². The van der Waals surface area contributed by atoms with Crippen LogP contribution in [0.15, 0.2) is 23.1 Å². The number of nitrogens with one attached hydrogen (secondary N) is 1. The number of carbonyl (C=O) groups is 1. The first-order chi connectivity index (χ1) is 13.0. The van der Waals surface area contributed by atoms with Gasteiger partial charge in [-0.2, -0.15) is 4.98 Å². The van der Waals surface area contributed by atoms with Gasteiger partial charge in [0, 0.05) is 25.3 Å². The molecule has 0 saturated carbocycles. The van der Waals surface area contributed by atoms with Crippen LogP contribution in [-0.4, -0.2) is 53.0 Å². The van der Waals surface area contributed by atoms with Crippen LogP contribution in [0.2, 0.25) is 0 Å². The molecule has 1 atom stereocenters. The molecule has 146 valence electrons. The summed E-state index contributed by atoms with van der Waals surface area (Å²) in [4.78, 5) is 32.3. The molecular formula is C20H28N4O3. The maximum absolute atomic E-state index is 12.8. The van der Waals surface area contributed by atoms with Crippen molar-refractivity contribution < 1.29 is 9.53 Å². The number of hydrogen-bond acceptors (Lipinski definition) is 5. The number of likely N-dealkylation sites (tertiary alicyclic amines) is 1. The molecule has 0 aliphatic carbocycles. The van der Waals surface area contributed by atoms with Gasteiger partial charge in [-0.3, -0.25) is 14.0 Å². The molecule has 1 fully saturated rings. The SMILES string of the molecule is COc1nc2c(C)cccn2c(=O)c1C(=O)NCCCN1CCCCC1C. The summed E-state index contributed by atoms with van der Waals surface area (Å²) in [6.45, 7) is 6.71. The second-order valence-corrected chi connectivity index (χ2v) is 7.18. The lowest BCUT2D eigenvalue weighted by Gasteiger charge is -2.33. The smallest absolute Gasteiger partial charge is 0.274 e. The number of nitrogens with zero attached hydrogens (tertiary/aromatic N) is 3. The molecule has 0 radical (unpaired) electrons. The van der Waals surface area contributed by atoms with Crippen molar-refractivity contribution in [2.75, 3.05) is 26.7 Å². The Hall–Kier alpha value is -2.41. The second-order valence-electron chi connectivity index (χ2n) is 7.18. The highest BCUT2D eigenvalue weighted by atomic mass is 16.5. The van der Waals surface area contributed by atoms with Crippen LogP contribution in [0.25, 0.3) is 5.65 Å². The second kappa shape index (κ2) is 8.52. The van der Waals surface area contributed by atoms with E-state index >= 15 is 0 Å². The Morgan fingerprint density at radius 1 is 1.41 bits per heavy atom. The van der Waals surface area contributed by atoms with E-state index in [-0.39, 0.29) is 11.4 Å². The summed E-state index contributed by atoms with van der Waals surface area (Å²) in [6.07, 6.45) is 6.24. The lowest BCUT2D eigenvalue weighted by Crippen LogP contribution is -2.39. The van der Waals surface area contributed by atoms with Crippen molar-refractivity contribution in [3.63, 3.8) is 0 Å². The molecule has 1 aliphatic rings. The van der Waals surface area contributed by atoms with Crippen molar-refractivity contribution in [1.29, 1.82) is 0 Å². The Morgan fingerprint density at radius 3 is 2.96 bits per heavy atom. The average Bonchev–Trinajstić information content (AvgIpc) is 2.67. The van der Waals surface area contributed by atoms with Gasteiger partial charge in [-0.05, 0) is 51.3 Å². The Bertz CT molecular complexity index is 877. The van der Waals surface area contributed by atoms with Crippen molar-refractivity contribution in [1.82, 2.24) is 19.6 Å². The molecule has 27 heavy (non-hydrogen) atoms. The highest BCUT2D eigenvalue weighted by molar-refractivity contribution is 5.96. The zero-order chi connectivity index (χ0) is 19.4. The predicted octanol–water partition coefficient (Wildman–Crippen LogP) is 2.01. The molecule has 3 rings (SSSR count). The van der Waals surface area contributed by atoms with E-state index in [0.717, 1.165) is 25.1 Å². The number of carbonyl (C=O) groups excluding carboxylic acids is 1. The van der Waals surface area contributed by atoms with E-state index in [4.69, 9.17) is 4.74 Å². The number of methoxy groups -OCH3 is 1. The number of amides is 1. The number of hydrogen-bond donors (Lipinski definition) is 1. The monoisotopic (exact) mass is 372 g/mol. The van der Waals surface area contributed by atoms with Crippen molar-refractivity contribution in [2.24, 2.45) is 0 Å². The summed E-state index contributed by atoms with van der Waals surface area (Å²) in [5, 5.41) is 2.85. The van der Waals surface area contributed by atoms with Gasteiger partial charge in [0.1, 0.15) is 5.65 Å². The molecule has 1 N–H and O–H groups in total. The van der Waals surface area contributed by atoms with E-state index in [1.165, 1.54) is 30.8 Å². The number of fused-ring (bicyclic) bond motifs is 1. The molecule has 1 unspecified atom stereocenters. The summed E-state index contributed by atoms with van der Waals surface area (Å²) in [6, 6.07) is 4.23. The fourth-order valence-electron chi connectivity index (χ4n) is 3.68. The number of ether oxygens (including phenoxy) is 1.